The van der Waals surface area contributed by atoms with Crippen LogP contribution in [0.2, 0.25) is 0 Å². The van der Waals surface area contributed by atoms with Gasteiger partial charge in [-0.05, 0) is 48.0 Å². The molecule has 0 unspecified atom stereocenters. The van der Waals surface area contributed by atoms with E-state index in [9.17, 15) is 10.1 Å². The first-order chi connectivity index (χ1) is 13.1. The topological polar surface area (TPSA) is 72.2 Å². The normalized spacial score (nSPS) is 10.9. The molecule has 2 aromatic carbocycles. The Morgan fingerprint density at radius 3 is 2.41 bits per heavy atom. The molecule has 0 radical (unpaired) electrons. The van der Waals surface area contributed by atoms with Gasteiger partial charge < -0.3 is 9.47 Å². The third-order valence-electron chi connectivity index (χ3n) is 3.88. The monoisotopic (exact) mass is 376 g/mol. The summed E-state index contributed by atoms with van der Waals surface area (Å²) in [6.45, 7) is 0. The molecule has 1 heterocycles. The van der Waals surface area contributed by atoms with Gasteiger partial charge in [-0.1, -0.05) is 12.1 Å². The number of hydrogen-bond acceptors (Lipinski definition) is 6. The van der Waals surface area contributed by atoms with Crippen molar-refractivity contribution in [3.05, 3.63) is 70.0 Å². The molecular formula is C21H16N2O3S. The van der Waals surface area contributed by atoms with Gasteiger partial charge in [-0.15, -0.1) is 11.3 Å². The zero-order chi connectivity index (χ0) is 19.2. The summed E-state index contributed by atoms with van der Waals surface area (Å²) in [5, 5.41) is 12.1. The Labute approximate surface area is 161 Å². The quantitative estimate of drug-likeness (QED) is 0.478. The number of benzene rings is 2. The minimum absolute atomic E-state index is 0.393. The lowest BCUT2D eigenvalue weighted by Gasteiger charge is -2.01. The highest BCUT2D eigenvalue weighted by Gasteiger charge is 2.10. The Morgan fingerprint density at radius 1 is 1.11 bits per heavy atom. The van der Waals surface area contributed by atoms with Crippen molar-refractivity contribution in [2.24, 2.45) is 0 Å². The van der Waals surface area contributed by atoms with Gasteiger partial charge in [0.15, 0.2) is 0 Å². The van der Waals surface area contributed by atoms with Gasteiger partial charge in [0.2, 0.25) is 0 Å². The van der Waals surface area contributed by atoms with E-state index in [1.807, 2.05) is 29.6 Å². The molecule has 0 fully saturated rings. The first kappa shape index (κ1) is 18.4. The van der Waals surface area contributed by atoms with Crippen molar-refractivity contribution in [3.63, 3.8) is 0 Å². The molecule has 0 aliphatic heterocycles. The smallest absolute Gasteiger partial charge is 0.337 e. The molecule has 0 aliphatic rings. The van der Waals surface area contributed by atoms with Crippen LogP contribution in [-0.2, 0) is 4.74 Å². The first-order valence-corrected chi connectivity index (χ1v) is 8.93. The van der Waals surface area contributed by atoms with Crippen molar-refractivity contribution in [2.75, 3.05) is 14.2 Å². The van der Waals surface area contributed by atoms with E-state index in [1.54, 1.807) is 37.5 Å². The summed E-state index contributed by atoms with van der Waals surface area (Å²) in [5.74, 6) is 0.386. The van der Waals surface area contributed by atoms with E-state index in [0.717, 1.165) is 22.6 Å². The lowest BCUT2D eigenvalue weighted by molar-refractivity contribution is 0.0600. The third kappa shape index (κ3) is 4.22. The Bertz CT molecular complexity index is 1010. The van der Waals surface area contributed by atoms with Crippen molar-refractivity contribution < 1.29 is 14.3 Å². The van der Waals surface area contributed by atoms with Gasteiger partial charge in [-0.25, -0.2) is 9.78 Å². The average Bonchev–Trinajstić information content (AvgIpc) is 3.22. The lowest BCUT2D eigenvalue weighted by atomic mass is 10.1. The van der Waals surface area contributed by atoms with Crippen LogP contribution >= 0.6 is 11.3 Å². The molecule has 5 nitrogen and oxygen atoms in total. The molecule has 0 spiro atoms. The second kappa shape index (κ2) is 8.30. The second-order valence-electron chi connectivity index (χ2n) is 5.55. The minimum atomic E-state index is -0.393. The number of aromatic nitrogens is 1. The van der Waals surface area contributed by atoms with E-state index in [0.29, 0.717) is 16.1 Å². The van der Waals surface area contributed by atoms with Crippen LogP contribution in [-0.4, -0.2) is 25.2 Å². The minimum Gasteiger partial charge on any atom is -0.497 e. The summed E-state index contributed by atoms with van der Waals surface area (Å²) in [4.78, 5) is 16.1. The average molecular weight is 376 g/mol. The lowest BCUT2D eigenvalue weighted by Crippen LogP contribution is -2.00. The van der Waals surface area contributed by atoms with Gasteiger partial charge in [0.25, 0.3) is 0 Å². The third-order valence-corrected chi connectivity index (χ3v) is 4.76. The predicted octanol–water partition coefficient (Wildman–Crippen LogP) is 4.67. The van der Waals surface area contributed by atoms with E-state index in [-0.39, 0.29) is 0 Å². The van der Waals surface area contributed by atoms with Crippen LogP contribution in [0.1, 0.15) is 20.9 Å². The molecule has 1 aromatic heterocycles. The Hall–Kier alpha value is -3.43. The summed E-state index contributed by atoms with van der Waals surface area (Å²) in [6, 6.07) is 16.7. The summed E-state index contributed by atoms with van der Waals surface area (Å²) >= 11 is 1.41. The highest BCUT2D eigenvalue weighted by molar-refractivity contribution is 7.11. The molecule has 0 bridgehead atoms. The van der Waals surface area contributed by atoms with Crippen molar-refractivity contribution in [3.8, 4) is 23.1 Å². The number of rotatable bonds is 5. The van der Waals surface area contributed by atoms with Crippen molar-refractivity contribution in [1.82, 2.24) is 4.98 Å². The summed E-state index contributed by atoms with van der Waals surface area (Å²) < 4.78 is 9.85. The van der Waals surface area contributed by atoms with Gasteiger partial charge in [-0.3, -0.25) is 0 Å². The molecule has 27 heavy (non-hydrogen) atoms. The van der Waals surface area contributed by atoms with E-state index in [1.165, 1.54) is 18.4 Å². The van der Waals surface area contributed by atoms with E-state index in [2.05, 4.69) is 15.8 Å². The Kier molecular flexibility index (Phi) is 5.64. The number of ether oxygens (including phenoxy) is 2. The molecule has 0 saturated heterocycles. The number of allylic oxidation sites excluding steroid dienone is 1. The fraction of sp³-hybridized carbons (Fsp3) is 0.0952. The number of carbonyl (C=O) groups excluding carboxylic acids is 1. The SMILES string of the molecule is COC(=O)c1ccc(/C=C(\C#N)c2nc(-c3ccc(OC)cc3)cs2)cc1. The Balaban J connectivity index is 1.85. The van der Waals surface area contributed by atoms with Gasteiger partial charge >= 0.3 is 5.97 Å². The Morgan fingerprint density at radius 2 is 1.81 bits per heavy atom. The molecule has 0 aliphatic carbocycles. The van der Waals surface area contributed by atoms with Crippen LogP contribution in [0.3, 0.4) is 0 Å². The molecule has 3 aromatic rings. The molecule has 6 heteroatoms. The van der Waals surface area contributed by atoms with Crippen LogP contribution in [0.4, 0.5) is 0 Å². The largest absolute Gasteiger partial charge is 0.497 e. The van der Waals surface area contributed by atoms with Gasteiger partial charge in [0, 0.05) is 10.9 Å². The number of esters is 1. The zero-order valence-corrected chi connectivity index (χ0v) is 15.6. The number of methoxy groups -OCH3 is 2. The number of nitriles is 1. The molecule has 3 rings (SSSR count). The first-order valence-electron chi connectivity index (χ1n) is 8.05. The maximum atomic E-state index is 11.5. The molecular weight excluding hydrogens is 360 g/mol. The summed E-state index contributed by atoms with van der Waals surface area (Å²) in [7, 11) is 2.96. The van der Waals surface area contributed by atoms with Crippen LogP contribution in [0.25, 0.3) is 22.9 Å². The second-order valence-corrected chi connectivity index (χ2v) is 6.41. The number of thiazole rings is 1. The molecule has 0 amide bonds. The van der Waals surface area contributed by atoms with E-state index < -0.39 is 5.97 Å². The van der Waals surface area contributed by atoms with Crippen molar-refractivity contribution >= 4 is 29.0 Å². The highest BCUT2D eigenvalue weighted by Crippen LogP contribution is 2.28. The summed E-state index contributed by atoms with van der Waals surface area (Å²) in [5.41, 5.74) is 3.49. The maximum Gasteiger partial charge on any atom is 0.337 e. The number of hydrogen-bond donors (Lipinski definition) is 0. The molecule has 134 valence electrons. The number of carbonyl (C=O) groups is 1. The highest BCUT2D eigenvalue weighted by atomic mass is 32.1. The van der Waals surface area contributed by atoms with E-state index >= 15 is 0 Å². The van der Waals surface area contributed by atoms with Crippen molar-refractivity contribution in [2.45, 2.75) is 0 Å². The fourth-order valence-electron chi connectivity index (χ4n) is 2.43. The summed E-state index contributed by atoms with van der Waals surface area (Å²) in [6.07, 6.45) is 1.75. The van der Waals surface area contributed by atoms with Gasteiger partial charge in [0.1, 0.15) is 16.8 Å². The van der Waals surface area contributed by atoms with Crippen LogP contribution < -0.4 is 4.74 Å². The van der Waals surface area contributed by atoms with Gasteiger partial charge in [-0.2, -0.15) is 5.26 Å². The van der Waals surface area contributed by atoms with Crippen LogP contribution in [0, 0.1) is 11.3 Å². The van der Waals surface area contributed by atoms with Gasteiger partial charge in [0.05, 0.1) is 31.1 Å². The predicted molar refractivity (Wildman–Crippen MR) is 105 cm³/mol. The standard InChI is InChI=1S/C21H16N2O3S/c1-25-18-9-7-15(8-10-18)19-13-27-20(23-19)17(12-22)11-14-3-5-16(6-4-14)21(24)26-2/h3-11,13H,1-2H3/b17-11+. The molecule has 0 atom stereocenters. The number of nitrogens with zero attached hydrogens (tertiary/aromatic N) is 2. The van der Waals surface area contributed by atoms with Crippen molar-refractivity contribution in [1.29, 1.82) is 5.26 Å². The fourth-order valence-corrected chi connectivity index (χ4v) is 3.23. The molecule has 0 saturated carbocycles. The van der Waals surface area contributed by atoms with E-state index in [4.69, 9.17) is 4.74 Å². The van der Waals surface area contributed by atoms with Crippen LogP contribution in [0.5, 0.6) is 5.75 Å². The maximum absolute atomic E-state index is 11.5. The van der Waals surface area contributed by atoms with Crippen LogP contribution in [0.15, 0.2) is 53.9 Å². The molecule has 0 N–H and O–H groups in total. The zero-order valence-electron chi connectivity index (χ0n) is 14.8.